The number of pyridine rings is 1. The minimum absolute atomic E-state index is 0.0301. The summed E-state index contributed by atoms with van der Waals surface area (Å²) in [5, 5.41) is 0. The first-order valence-electron chi connectivity index (χ1n) is 5.38. The molecule has 0 spiro atoms. The van der Waals surface area contributed by atoms with Crippen molar-refractivity contribution in [1.82, 2.24) is 4.98 Å². The molecule has 4 nitrogen and oxygen atoms in total. The van der Waals surface area contributed by atoms with Crippen LogP contribution in [0.4, 0.5) is 0 Å². The van der Waals surface area contributed by atoms with E-state index in [1.54, 1.807) is 25.6 Å². The van der Waals surface area contributed by atoms with Crippen LogP contribution < -0.4 is 4.74 Å². The van der Waals surface area contributed by atoms with Crippen molar-refractivity contribution in [1.29, 1.82) is 0 Å². The Morgan fingerprint density at radius 2 is 2.19 bits per heavy atom. The average molecular weight is 223 g/mol. The Morgan fingerprint density at radius 1 is 1.38 bits per heavy atom. The number of rotatable bonds is 7. The number of Topliss-reactive ketones (excluding diaryl/α,β-unsaturated/α-hetero) is 1. The Labute approximate surface area is 95.6 Å². The lowest BCUT2D eigenvalue weighted by atomic mass is 10.1. The highest BCUT2D eigenvalue weighted by Crippen LogP contribution is 2.11. The molecule has 4 heteroatoms. The molecule has 16 heavy (non-hydrogen) atoms. The summed E-state index contributed by atoms with van der Waals surface area (Å²) in [6, 6.07) is 1.69. The summed E-state index contributed by atoms with van der Waals surface area (Å²) >= 11 is 0. The lowest BCUT2D eigenvalue weighted by molar-refractivity contribution is 0.0878. The fraction of sp³-hybridized carbons (Fsp3) is 0.500. The van der Waals surface area contributed by atoms with Crippen molar-refractivity contribution in [3.8, 4) is 5.75 Å². The highest BCUT2D eigenvalue weighted by atomic mass is 16.5. The summed E-state index contributed by atoms with van der Waals surface area (Å²) in [6.45, 7) is 3.20. The number of ether oxygens (including phenoxy) is 2. The summed E-state index contributed by atoms with van der Waals surface area (Å²) in [7, 11) is 1.55. The normalized spacial score (nSPS) is 10.1. The fourth-order valence-electron chi connectivity index (χ4n) is 1.24. The van der Waals surface area contributed by atoms with Crippen molar-refractivity contribution in [2.45, 2.75) is 19.8 Å². The Bertz CT molecular complexity index is 339. The van der Waals surface area contributed by atoms with Gasteiger partial charge in [0.2, 0.25) is 0 Å². The number of carbonyl (C=O) groups is 1. The minimum Gasteiger partial charge on any atom is -0.495 e. The molecule has 88 valence electrons. The van der Waals surface area contributed by atoms with E-state index in [9.17, 15) is 4.79 Å². The van der Waals surface area contributed by atoms with Crippen LogP contribution in [0, 0.1) is 0 Å². The topological polar surface area (TPSA) is 48.4 Å². The molecule has 1 aromatic rings. The van der Waals surface area contributed by atoms with Crippen LogP contribution in [-0.2, 0) is 4.74 Å². The third-order valence-electron chi connectivity index (χ3n) is 2.09. The number of nitrogens with zero attached hydrogens (tertiary/aromatic N) is 1. The molecule has 0 fully saturated rings. The van der Waals surface area contributed by atoms with E-state index < -0.39 is 0 Å². The molecule has 0 radical (unpaired) electrons. The SMILES string of the molecule is CCCOCCC(=O)c1cncc(OC)c1. The van der Waals surface area contributed by atoms with Crippen LogP contribution in [0.25, 0.3) is 0 Å². The van der Waals surface area contributed by atoms with E-state index in [4.69, 9.17) is 9.47 Å². The van der Waals surface area contributed by atoms with Crippen molar-refractivity contribution in [3.05, 3.63) is 24.0 Å². The number of aromatic nitrogens is 1. The molecule has 1 rings (SSSR count). The molecule has 0 saturated carbocycles. The van der Waals surface area contributed by atoms with Gasteiger partial charge in [-0.05, 0) is 12.5 Å². The van der Waals surface area contributed by atoms with Crippen molar-refractivity contribution in [2.75, 3.05) is 20.3 Å². The standard InChI is InChI=1S/C12H17NO3/c1-3-5-16-6-4-12(14)10-7-11(15-2)9-13-8-10/h7-9H,3-6H2,1-2H3. The molecule has 0 atom stereocenters. The average Bonchev–Trinajstić information content (AvgIpc) is 2.34. The van der Waals surface area contributed by atoms with Gasteiger partial charge in [-0.2, -0.15) is 0 Å². The van der Waals surface area contributed by atoms with Crippen LogP contribution in [0.3, 0.4) is 0 Å². The number of hydrogen-bond donors (Lipinski definition) is 0. The van der Waals surface area contributed by atoms with Gasteiger partial charge in [-0.3, -0.25) is 9.78 Å². The first kappa shape index (κ1) is 12.6. The van der Waals surface area contributed by atoms with Crippen molar-refractivity contribution in [3.63, 3.8) is 0 Å². The number of methoxy groups -OCH3 is 1. The molecular weight excluding hydrogens is 206 g/mol. The van der Waals surface area contributed by atoms with Crippen LogP contribution in [0.15, 0.2) is 18.5 Å². The smallest absolute Gasteiger partial charge is 0.166 e. The molecule has 0 aromatic carbocycles. The molecule has 0 amide bonds. The summed E-state index contributed by atoms with van der Waals surface area (Å²) in [4.78, 5) is 15.6. The molecule has 0 bridgehead atoms. The highest BCUT2D eigenvalue weighted by molar-refractivity contribution is 5.96. The highest BCUT2D eigenvalue weighted by Gasteiger charge is 2.07. The maximum Gasteiger partial charge on any atom is 0.166 e. The second-order valence-corrected chi connectivity index (χ2v) is 3.40. The van der Waals surface area contributed by atoms with Gasteiger partial charge in [0.05, 0.1) is 19.9 Å². The van der Waals surface area contributed by atoms with E-state index in [1.165, 1.54) is 0 Å². The van der Waals surface area contributed by atoms with Crippen LogP contribution in [-0.4, -0.2) is 31.1 Å². The Balaban J connectivity index is 2.46. The second-order valence-electron chi connectivity index (χ2n) is 3.40. The summed E-state index contributed by atoms with van der Waals surface area (Å²) in [5.74, 6) is 0.628. The number of ketones is 1. The maximum atomic E-state index is 11.7. The van der Waals surface area contributed by atoms with Crippen LogP contribution in [0.2, 0.25) is 0 Å². The van der Waals surface area contributed by atoms with Gasteiger partial charge in [-0.15, -0.1) is 0 Å². The van der Waals surface area contributed by atoms with Crippen LogP contribution >= 0.6 is 0 Å². The Kier molecular flexibility index (Phi) is 5.50. The third-order valence-corrected chi connectivity index (χ3v) is 2.09. The molecule has 1 aromatic heterocycles. The lowest BCUT2D eigenvalue weighted by Gasteiger charge is -2.04. The minimum atomic E-state index is 0.0301. The fourth-order valence-corrected chi connectivity index (χ4v) is 1.24. The largest absolute Gasteiger partial charge is 0.495 e. The van der Waals surface area contributed by atoms with E-state index in [1.807, 2.05) is 6.92 Å². The summed E-state index contributed by atoms with van der Waals surface area (Å²) in [6.07, 6.45) is 4.47. The Hall–Kier alpha value is -1.42. The first-order chi connectivity index (χ1) is 7.77. The number of carbonyl (C=O) groups excluding carboxylic acids is 1. The van der Waals surface area contributed by atoms with E-state index in [2.05, 4.69) is 4.98 Å². The van der Waals surface area contributed by atoms with Crippen molar-refractivity contribution < 1.29 is 14.3 Å². The van der Waals surface area contributed by atoms with Crippen LogP contribution in [0.1, 0.15) is 30.1 Å². The zero-order chi connectivity index (χ0) is 11.8. The molecule has 0 aliphatic rings. The van der Waals surface area contributed by atoms with E-state index in [0.29, 0.717) is 30.9 Å². The Morgan fingerprint density at radius 3 is 2.88 bits per heavy atom. The molecule has 0 saturated heterocycles. The maximum absolute atomic E-state index is 11.7. The van der Waals surface area contributed by atoms with Crippen molar-refractivity contribution in [2.24, 2.45) is 0 Å². The first-order valence-corrected chi connectivity index (χ1v) is 5.38. The van der Waals surface area contributed by atoms with E-state index in [-0.39, 0.29) is 5.78 Å². The van der Waals surface area contributed by atoms with E-state index >= 15 is 0 Å². The zero-order valence-corrected chi connectivity index (χ0v) is 9.73. The third kappa shape index (κ3) is 3.98. The van der Waals surface area contributed by atoms with Gasteiger partial charge in [-0.25, -0.2) is 0 Å². The lowest BCUT2D eigenvalue weighted by Crippen LogP contribution is -2.06. The quantitative estimate of drug-likeness (QED) is 0.524. The summed E-state index contributed by atoms with van der Waals surface area (Å²) in [5.41, 5.74) is 0.569. The van der Waals surface area contributed by atoms with Crippen molar-refractivity contribution >= 4 is 5.78 Å². The van der Waals surface area contributed by atoms with Gasteiger partial charge in [0.15, 0.2) is 5.78 Å². The molecular formula is C12H17NO3. The number of hydrogen-bond acceptors (Lipinski definition) is 4. The van der Waals surface area contributed by atoms with Gasteiger partial charge < -0.3 is 9.47 Å². The predicted molar refractivity (Wildman–Crippen MR) is 60.8 cm³/mol. The molecule has 0 N–H and O–H groups in total. The van der Waals surface area contributed by atoms with Gasteiger partial charge in [0.1, 0.15) is 5.75 Å². The van der Waals surface area contributed by atoms with Crippen LogP contribution in [0.5, 0.6) is 5.75 Å². The monoisotopic (exact) mass is 223 g/mol. The predicted octanol–water partition coefficient (Wildman–Crippen LogP) is 2.09. The van der Waals surface area contributed by atoms with Gasteiger partial charge in [-0.1, -0.05) is 6.92 Å². The zero-order valence-electron chi connectivity index (χ0n) is 9.73. The molecule has 0 aliphatic heterocycles. The van der Waals surface area contributed by atoms with Gasteiger partial charge in [0, 0.05) is 24.8 Å². The molecule has 0 aliphatic carbocycles. The van der Waals surface area contributed by atoms with Gasteiger partial charge in [0.25, 0.3) is 0 Å². The summed E-state index contributed by atoms with van der Waals surface area (Å²) < 4.78 is 10.3. The molecule has 1 heterocycles. The van der Waals surface area contributed by atoms with E-state index in [0.717, 1.165) is 6.42 Å². The van der Waals surface area contributed by atoms with Gasteiger partial charge >= 0.3 is 0 Å². The molecule has 0 unspecified atom stereocenters. The second kappa shape index (κ2) is 6.95.